The molecule has 0 saturated carbocycles. The maximum atomic E-state index is 14.0. The zero-order valence-corrected chi connectivity index (χ0v) is 18.6. The molecule has 1 heterocycles. The summed E-state index contributed by atoms with van der Waals surface area (Å²) in [5, 5.41) is 0. The van der Waals surface area contributed by atoms with Gasteiger partial charge in [-0.05, 0) is 30.3 Å². The van der Waals surface area contributed by atoms with E-state index in [-0.39, 0.29) is 36.7 Å². The number of ether oxygens (including phenoxy) is 2. The third-order valence-corrected chi connectivity index (χ3v) is 6.59. The van der Waals surface area contributed by atoms with Crippen molar-refractivity contribution >= 4 is 21.6 Å². The summed E-state index contributed by atoms with van der Waals surface area (Å²) in [6.07, 6.45) is 0. The Morgan fingerprint density at radius 2 is 1.78 bits per heavy atom. The van der Waals surface area contributed by atoms with Crippen molar-refractivity contribution in [2.45, 2.75) is 4.90 Å². The summed E-state index contributed by atoms with van der Waals surface area (Å²) in [6, 6.07) is 7.41. The summed E-state index contributed by atoms with van der Waals surface area (Å²) in [6.45, 7) is 1.70. The summed E-state index contributed by atoms with van der Waals surface area (Å²) in [5.74, 6) is -1.68. The molecule has 0 radical (unpaired) electrons. The van der Waals surface area contributed by atoms with Crippen LogP contribution in [0.5, 0.6) is 5.75 Å². The van der Waals surface area contributed by atoms with Crippen LogP contribution in [-0.2, 0) is 14.8 Å². The van der Waals surface area contributed by atoms with Crippen LogP contribution in [0.3, 0.4) is 0 Å². The molecule has 1 saturated heterocycles. The van der Waals surface area contributed by atoms with Crippen LogP contribution >= 0.6 is 0 Å². The minimum Gasteiger partial charge on any atom is -0.495 e. The lowest BCUT2D eigenvalue weighted by Crippen LogP contribution is -2.49. The highest BCUT2D eigenvalue weighted by Gasteiger charge is 2.26. The Balaban J connectivity index is 1.74. The smallest absolute Gasteiger partial charge is 0.256 e. The lowest BCUT2D eigenvalue weighted by Gasteiger charge is -2.36. The van der Waals surface area contributed by atoms with Crippen LogP contribution in [0.15, 0.2) is 41.3 Å². The first-order chi connectivity index (χ1) is 15.3. The predicted molar refractivity (Wildman–Crippen MR) is 115 cm³/mol. The normalized spacial score (nSPS) is 14.5. The number of carbonyl (C=O) groups is 1. The molecule has 1 N–H and O–H groups in total. The molecule has 32 heavy (non-hydrogen) atoms. The molecule has 174 valence electrons. The molecule has 2 aromatic rings. The number of amides is 1. The molecule has 0 aliphatic carbocycles. The zero-order chi connectivity index (χ0) is 23.3. The van der Waals surface area contributed by atoms with Crippen LogP contribution in [0, 0.1) is 11.6 Å². The van der Waals surface area contributed by atoms with Crippen molar-refractivity contribution in [2.75, 3.05) is 58.5 Å². The molecule has 3 rings (SSSR count). The maximum absolute atomic E-state index is 14.0. The van der Waals surface area contributed by atoms with Gasteiger partial charge in [0.2, 0.25) is 10.0 Å². The second-order valence-electron chi connectivity index (χ2n) is 7.13. The Morgan fingerprint density at radius 3 is 2.41 bits per heavy atom. The van der Waals surface area contributed by atoms with Crippen LogP contribution < -0.4 is 14.4 Å². The van der Waals surface area contributed by atoms with Crippen LogP contribution in [0.2, 0.25) is 0 Å². The standard InChI is InChI=1S/C21H25F2N3O5S/c1-30-12-7-24-32(28,29)16-4-6-20(31-2)19(14-16)25-8-10-26(11-9-25)21(27)17-5-3-15(22)13-18(17)23/h3-6,13-14,24H,7-12H2,1-2H3. The molecule has 11 heteroatoms. The average molecular weight is 470 g/mol. The molecular formula is C21H25F2N3O5S. The molecule has 0 atom stereocenters. The Hall–Kier alpha value is -2.76. The van der Waals surface area contributed by atoms with Gasteiger partial charge in [-0.2, -0.15) is 0 Å². The highest BCUT2D eigenvalue weighted by Crippen LogP contribution is 2.32. The zero-order valence-electron chi connectivity index (χ0n) is 17.8. The van der Waals surface area contributed by atoms with Gasteiger partial charge in [-0.25, -0.2) is 21.9 Å². The monoisotopic (exact) mass is 469 g/mol. The predicted octanol–water partition coefficient (Wildman–Crippen LogP) is 1.86. The van der Waals surface area contributed by atoms with Crippen molar-refractivity contribution in [3.05, 3.63) is 53.6 Å². The number of benzene rings is 2. The first kappa shape index (κ1) is 23.9. The van der Waals surface area contributed by atoms with E-state index in [1.54, 1.807) is 6.07 Å². The van der Waals surface area contributed by atoms with Gasteiger partial charge in [0, 0.05) is 45.9 Å². The molecule has 1 aliphatic heterocycles. The number of halogens is 2. The molecule has 1 aliphatic rings. The number of sulfonamides is 1. The Labute approximate surface area is 185 Å². The van der Waals surface area contributed by atoms with Crippen LogP contribution in [0.1, 0.15) is 10.4 Å². The lowest BCUT2D eigenvalue weighted by molar-refractivity contribution is 0.0742. The number of nitrogens with one attached hydrogen (secondary N) is 1. The number of nitrogens with zero attached hydrogens (tertiary/aromatic N) is 2. The fourth-order valence-corrected chi connectivity index (χ4v) is 4.46. The lowest BCUT2D eigenvalue weighted by atomic mass is 10.1. The van der Waals surface area contributed by atoms with Crippen molar-refractivity contribution in [3.63, 3.8) is 0 Å². The van der Waals surface area contributed by atoms with E-state index >= 15 is 0 Å². The van der Waals surface area contributed by atoms with Gasteiger partial charge < -0.3 is 19.3 Å². The summed E-state index contributed by atoms with van der Waals surface area (Å²) in [7, 11) is -0.768. The van der Waals surface area contributed by atoms with E-state index in [1.807, 2.05) is 4.90 Å². The highest BCUT2D eigenvalue weighted by atomic mass is 32.2. The van der Waals surface area contributed by atoms with E-state index in [1.165, 1.54) is 31.3 Å². The third kappa shape index (κ3) is 5.34. The first-order valence-corrected chi connectivity index (χ1v) is 11.4. The van der Waals surface area contributed by atoms with E-state index in [4.69, 9.17) is 9.47 Å². The molecule has 0 unspecified atom stereocenters. The number of carbonyl (C=O) groups excluding carboxylic acids is 1. The number of piperazine rings is 1. The van der Waals surface area contributed by atoms with Gasteiger partial charge in [-0.1, -0.05) is 0 Å². The maximum Gasteiger partial charge on any atom is 0.256 e. The van der Waals surface area contributed by atoms with Gasteiger partial charge in [0.05, 0.1) is 29.9 Å². The van der Waals surface area contributed by atoms with E-state index in [9.17, 15) is 22.0 Å². The SMILES string of the molecule is COCCNS(=O)(=O)c1ccc(OC)c(N2CCN(C(=O)c3ccc(F)cc3F)CC2)c1. The molecule has 0 aromatic heterocycles. The molecule has 0 bridgehead atoms. The second-order valence-corrected chi connectivity index (χ2v) is 8.89. The number of rotatable bonds is 8. The Kier molecular flexibility index (Phi) is 7.64. The van der Waals surface area contributed by atoms with Crippen LogP contribution in [0.25, 0.3) is 0 Å². The summed E-state index contributed by atoms with van der Waals surface area (Å²) < 4.78 is 65.0. The fraction of sp³-hybridized carbons (Fsp3) is 0.381. The number of anilines is 1. The summed E-state index contributed by atoms with van der Waals surface area (Å²) >= 11 is 0. The molecule has 0 spiro atoms. The topological polar surface area (TPSA) is 88.2 Å². The van der Waals surface area contributed by atoms with Crippen LogP contribution in [0.4, 0.5) is 14.5 Å². The van der Waals surface area contributed by atoms with E-state index in [0.29, 0.717) is 30.6 Å². The average Bonchev–Trinajstić information content (AvgIpc) is 2.78. The second kappa shape index (κ2) is 10.2. The van der Waals surface area contributed by atoms with E-state index < -0.39 is 27.6 Å². The number of methoxy groups -OCH3 is 2. The molecular weight excluding hydrogens is 444 g/mol. The van der Waals surface area contributed by atoms with Gasteiger partial charge in [0.25, 0.3) is 5.91 Å². The van der Waals surface area contributed by atoms with E-state index in [0.717, 1.165) is 12.1 Å². The number of hydrogen-bond donors (Lipinski definition) is 1. The summed E-state index contributed by atoms with van der Waals surface area (Å²) in [5.41, 5.74) is 0.384. The van der Waals surface area contributed by atoms with E-state index in [2.05, 4.69) is 4.72 Å². The third-order valence-electron chi connectivity index (χ3n) is 5.13. The van der Waals surface area contributed by atoms with Crippen LogP contribution in [-0.4, -0.2) is 72.8 Å². The van der Waals surface area contributed by atoms with Crippen molar-refractivity contribution in [2.24, 2.45) is 0 Å². The molecule has 1 fully saturated rings. The fourth-order valence-electron chi connectivity index (χ4n) is 3.43. The van der Waals surface area contributed by atoms with Crippen molar-refractivity contribution in [1.82, 2.24) is 9.62 Å². The summed E-state index contributed by atoms with van der Waals surface area (Å²) in [4.78, 5) is 16.1. The quantitative estimate of drug-likeness (QED) is 0.594. The first-order valence-electron chi connectivity index (χ1n) is 9.92. The number of hydrogen-bond acceptors (Lipinski definition) is 6. The van der Waals surface area contributed by atoms with Gasteiger partial charge in [0.1, 0.15) is 17.4 Å². The Bertz CT molecular complexity index is 1070. The van der Waals surface area contributed by atoms with Crippen molar-refractivity contribution in [3.8, 4) is 5.75 Å². The minimum atomic E-state index is -3.74. The molecule has 8 nitrogen and oxygen atoms in total. The molecule has 1 amide bonds. The highest BCUT2D eigenvalue weighted by molar-refractivity contribution is 7.89. The largest absolute Gasteiger partial charge is 0.495 e. The van der Waals surface area contributed by atoms with Gasteiger partial charge >= 0.3 is 0 Å². The van der Waals surface area contributed by atoms with Crippen molar-refractivity contribution in [1.29, 1.82) is 0 Å². The Morgan fingerprint density at radius 1 is 1.06 bits per heavy atom. The van der Waals surface area contributed by atoms with Gasteiger partial charge in [-0.15, -0.1) is 0 Å². The minimum absolute atomic E-state index is 0.0799. The van der Waals surface area contributed by atoms with Crippen molar-refractivity contribution < 1.29 is 31.5 Å². The molecule has 2 aromatic carbocycles. The van der Waals surface area contributed by atoms with Gasteiger partial charge in [-0.3, -0.25) is 4.79 Å². The van der Waals surface area contributed by atoms with Gasteiger partial charge in [0.15, 0.2) is 0 Å².